The first-order chi connectivity index (χ1) is 11.5. The van der Waals surface area contributed by atoms with E-state index in [0.717, 1.165) is 21.5 Å². The number of aromatic nitrogens is 1. The Morgan fingerprint density at radius 3 is 2.50 bits per heavy atom. The van der Waals surface area contributed by atoms with Crippen LogP contribution in [0.25, 0.3) is 5.69 Å². The van der Waals surface area contributed by atoms with Crippen LogP contribution in [-0.2, 0) is 0 Å². The van der Waals surface area contributed by atoms with Crippen LogP contribution in [0.3, 0.4) is 0 Å². The van der Waals surface area contributed by atoms with E-state index in [4.69, 9.17) is 11.6 Å². The summed E-state index contributed by atoms with van der Waals surface area (Å²) in [4.78, 5) is 6.61. The predicted molar refractivity (Wildman–Crippen MR) is 107 cm³/mol. The Morgan fingerprint density at radius 2 is 1.83 bits per heavy atom. The maximum Gasteiger partial charge on any atom is 0.0646 e. The van der Waals surface area contributed by atoms with Gasteiger partial charge in [-0.05, 0) is 70.5 Å². The Hall–Kier alpha value is -2.04. The maximum absolute atomic E-state index is 6.11. The van der Waals surface area contributed by atoms with Gasteiger partial charge in [-0.2, -0.15) is 0 Å². The van der Waals surface area contributed by atoms with E-state index in [-0.39, 0.29) is 0 Å². The first-order valence-electron chi connectivity index (χ1n) is 7.49. The highest BCUT2D eigenvalue weighted by molar-refractivity contribution is 9.10. The molecule has 3 aromatic rings. The van der Waals surface area contributed by atoms with Crippen LogP contribution >= 0.6 is 27.5 Å². The number of halogens is 2. The van der Waals surface area contributed by atoms with Gasteiger partial charge >= 0.3 is 0 Å². The molecule has 0 amide bonds. The monoisotopic (exact) mass is 401 g/mol. The predicted octanol–water partition coefficient (Wildman–Crippen LogP) is 5.71. The van der Waals surface area contributed by atoms with E-state index in [2.05, 4.69) is 54.7 Å². The highest BCUT2D eigenvalue weighted by Crippen LogP contribution is 2.27. The zero-order valence-corrected chi connectivity index (χ0v) is 15.8. The summed E-state index contributed by atoms with van der Waals surface area (Å²) in [5, 5.41) is 0.652. The number of nitrogens with zero attached hydrogens (tertiary/aromatic N) is 3. The van der Waals surface area contributed by atoms with Gasteiger partial charge in [-0.25, -0.2) is 0 Å². The molecule has 24 heavy (non-hydrogen) atoms. The highest BCUT2D eigenvalue weighted by Gasteiger charge is 2.03. The number of benzene rings is 2. The summed E-state index contributed by atoms with van der Waals surface area (Å²) in [6, 6.07) is 18.1. The molecule has 0 fully saturated rings. The molecule has 0 N–H and O–H groups in total. The number of rotatable bonds is 4. The van der Waals surface area contributed by atoms with E-state index in [1.165, 1.54) is 5.69 Å². The maximum atomic E-state index is 6.11. The third-order valence-electron chi connectivity index (χ3n) is 3.67. The van der Waals surface area contributed by atoms with Crippen molar-refractivity contribution in [1.29, 1.82) is 0 Å². The Kier molecular flexibility index (Phi) is 5.07. The lowest BCUT2D eigenvalue weighted by molar-refractivity contribution is 1.06. The van der Waals surface area contributed by atoms with Gasteiger partial charge in [0.25, 0.3) is 0 Å². The molecule has 0 atom stereocenters. The zero-order valence-electron chi connectivity index (χ0n) is 13.4. The van der Waals surface area contributed by atoms with Crippen molar-refractivity contribution in [3.63, 3.8) is 0 Å². The van der Waals surface area contributed by atoms with Gasteiger partial charge in [0, 0.05) is 36.1 Å². The molecule has 0 aliphatic rings. The zero-order chi connectivity index (χ0) is 17.1. The topological polar surface area (TPSA) is 20.5 Å². The molecule has 122 valence electrons. The van der Waals surface area contributed by atoms with E-state index in [0.29, 0.717) is 5.02 Å². The summed E-state index contributed by atoms with van der Waals surface area (Å²) >= 11 is 9.50. The normalized spacial score (nSPS) is 11.2. The quantitative estimate of drug-likeness (QED) is 0.512. The Bertz CT molecular complexity index is 867. The molecule has 0 radical (unpaired) electrons. The fraction of sp³-hybridized carbons (Fsp3) is 0.105. The first-order valence-corrected chi connectivity index (χ1v) is 8.66. The lowest BCUT2D eigenvalue weighted by Gasteiger charge is -2.13. The lowest BCUT2D eigenvalue weighted by atomic mass is 10.2. The lowest BCUT2D eigenvalue weighted by Crippen LogP contribution is -2.08. The molecule has 1 heterocycles. The fourth-order valence-corrected chi connectivity index (χ4v) is 2.77. The number of anilines is 1. The van der Waals surface area contributed by atoms with Crippen LogP contribution < -0.4 is 4.90 Å². The molecule has 0 saturated heterocycles. The minimum absolute atomic E-state index is 0.652. The van der Waals surface area contributed by atoms with Crippen LogP contribution in [-0.4, -0.2) is 24.9 Å². The van der Waals surface area contributed by atoms with Crippen LogP contribution in [0.1, 0.15) is 5.69 Å². The fourth-order valence-electron chi connectivity index (χ4n) is 2.35. The number of hydrogen-bond acceptors (Lipinski definition) is 2. The second-order valence-corrected chi connectivity index (χ2v) is 6.83. The molecule has 5 heteroatoms. The van der Waals surface area contributed by atoms with Crippen molar-refractivity contribution >= 4 is 45.1 Å². The third-order valence-corrected chi connectivity index (χ3v) is 4.91. The summed E-state index contributed by atoms with van der Waals surface area (Å²) in [5.74, 6) is 0. The minimum atomic E-state index is 0.652. The molecule has 0 saturated carbocycles. The summed E-state index contributed by atoms with van der Waals surface area (Å²) < 4.78 is 2.97. The van der Waals surface area contributed by atoms with Crippen molar-refractivity contribution in [2.45, 2.75) is 0 Å². The Balaban J connectivity index is 1.87. The molecule has 0 aliphatic heterocycles. The van der Waals surface area contributed by atoms with Crippen molar-refractivity contribution in [3.05, 3.63) is 76.0 Å². The van der Waals surface area contributed by atoms with Crippen molar-refractivity contribution in [2.24, 2.45) is 4.99 Å². The minimum Gasteiger partial charge on any atom is -0.378 e. The van der Waals surface area contributed by atoms with Crippen LogP contribution in [0.5, 0.6) is 0 Å². The van der Waals surface area contributed by atoms with E-state index in [9.17, 15) is 0 Å². The molecule has 0 spiro atoms. The molecular weight excluding hydrogens is 386 g/mol. The van der Waals surface area contributed by atoms with Crippen LogP contribution in [0.4, 0.5) is 11.4 Å². The highest BCUT2D eigenvalue weighted by atomic mass is 79.9. The van der Waals surface area contributed by atoms with E-state index < -0.39 is 0 Å². The molecule has 3 nitrogen and oxygen atoms in total. The first kappa shape index (κ1) is 16.8. The van der Waals surface area contributed by atoms with Gasteiger partial charge in [-0.3, -0.25) is 4.99 Å². The van der Waals surface area contributed by atoms with Gasteiger partial charge in [-0.15, -0.1) is 0 Å². The SMILES string of the molecule is CN(C)c1ccc(-n2cccc2C=Nc2ccc(Br)c(Cl)c2)cc1. The van der Waals surface area contributed by atoms with Crippen molar-refractivity contribution in [1.82, 2.24) is 4.57 Å². The molecular formula is C19H17BrClN3. The molecule has 3 rings (SSSR count). The van der Waals surface area contributed by atoms with Crippen molar-refractivity contribution < 1.29 is 0 Å². The van der Waals surface area contributed by atoms with Gasteiger partial charge < -0.3 is 9.47 Å². The largest absolute Gasteiger partial charge is 0.378 e. The van der Waals surface area contributed by atoms with Gasteiger partial charge in [0.15, 0.2) is 0 Å². The third kappa shape index (κ3) is 3.71. The van der Waals surface area contributed by atoms with E-state index in [1.807, 2.05) is 56.8 Å². The average Bonchev–Trinajstić information content (AvgIpc) is 3.04. The second kappa shape index (κ2) is 7.24. The number of aliphatic imine (C=N–C) groups is 1. The van der Waals surface area contributed by atoms with Crippen molar-refractivity contribution in [2.75, 3.05) is 19.0 Å². The molecule has 1 aromatic heterocycles. The standard InChI is InChI=1S/C19H17BrClN3/c1-23(2)15-6-8-16(9-7-15)24-11-3-4-17(24)13-22-14-5-10-18(20)19(21)12-14/h3-13H,1-2H3. The van der Waals surface area contributed by atoms with Gasteiger partial charge in [-0.1, -0.05) is 11.6 Å². The summed E-state index contributed by atoms with van der Waals surface area (Å²) in [6.07, 6.45) is 3.88. The summed E-state index contributed by atoms with van der Waals surface area (Å²) in [7, 11) is 4.07. The van der Waals surface area contributed by atoms with Crippen molar-refractivity contribution in [3.8, 4) is 5.69 Å². The molecule has 0 unspecified atom stereocenters. The summed E-state index contributed by atoms with van der Waals surface area (Å²) in [6.45, 7) is 0. The van der Waals surface area contributed by atoms with Crippen LogP contribution in [0.15, 0.2) is 70.3 Å². The molecule has 0 aliphatic carbocycles. The average molecular weight is 403 g/mol. The second-order valence-electron chi connectivity index (χ2n) is 5.57. The smallest absolute Gasteiger partial charge is 0.0646 e. The van der Waals surface area contributed by atoms with E-state index in [1.54, 1.807) is 0 Å². The van der Waals surface area contributed by atoms with Gasteiger partial charge in [0.1, 0.15) is 0 Å². The molecule has 0 bridgehead atoms. The van der Waals surface area contributed by atoms with Crippen LogP contribution in [0.2, 0.25) is 5.02 Å². The van der Waals surface area contributed by atoms with Crippen LogP contribution in [0, 0.1) is 0 Å². The Labute approximate surface area is 155 Å². The molecule has 2 aromatic carbocycles. The van der Waals surface area contributed by atoms with E-state index >= 15 is 0 Å². The summed E-state index contributed by atoms with van der Waals surface area (Å²) in [5.41, 5.74) is 4.09. The van der Waals surface area contributed by atoms with Gasteiger partial charge in [0.05, 0.1) is 22.6 Å². The number of hydrogen-bond donors (Lipinski definition) is 0. The van der Waals surface area contributed by atoms with Gasteiger partial charge in [0.2, 0.25) is 0 Å². The Morgan fingerprint density at radius 1 is 1.08 bits per heavy atom.